The van der Waals surface area contributed by atoms with E-state index in [1.807, 2.05) is 32.0 Å². The normalized spacial score (nSPS) is 23.5. The fourth-order valence-electron chi connectivity index (χ4n) is 7.06. The van der Waals surface area contributed by atoms with E-state index in [1.54, 1.807) is 18.3 Å². The van der Waals surface area contributed by atoms with Crippen LogP contribution in [0.2, 0.25) is 0 Å². The number of aromatic hydroxyl groups is 1. The van der Waals surface area contributed by atoms with Crippen molar-refractivity contribution in [2.24, 2.45) is 22.1 Å². The van der Waals surface area contributed by atoms with Gasteiger partial charge >= 0.3 is 5.97 Å². The Hall–Kier alpha value is -4.78. The first-order valence-electron chi connectivity index (χ1n) is 15.7. The molecule has 2 heterocycles. The summed E-state index contributed by atoms with van der Waals surface area (Å²) in [5.74, 6) is -4.04. The van der Waals surface area contributed by atoms with Crippen LogP contribution < -0.4 is 20.1 Å². The average Bonchev–Trinajstić information content (AvgIpc) is 3.50. The number of pyridine rings is 1. The zero-order valence-electron chi connectivity index (χ0n) is 26.5. The van der Waals surface area contributed by atoms with Crippen molar-refractivity contribution in [3.05, 3.63) is 65.4 Å². The number of aromatic nitrogens is 1. The Bertz CT molecular complexity index is 1730. The molecule has 13 heteroatoms. The summed E-state index contributed by atoms with van der Waals surface area (Å²) in [5, 5.41) is 17.9. The van der Waals surface area contributed by atoms with E-state index in [2.05, 4.69) is 14.9 Å². The number of nitrogens with zero attached hydrogens (tertiary/aromatic N) is 4. The number of phenolic OH excluding ortho intramolecular Hbond substituents is 1. The Morgan fingerprint density at radius 1 is 1.17 bits per heavy atom. The first-order chi connectivity index (χ1) is 22.5. The molecule has 2 aromatic carbocycles. The molecule has 3 saturated carbocycles. The van der Waals surface area contributed by atoms with Gasteiger partial charge in [-0.05, 0) is 88.4 Å². The minimum absolute atomic E-state index is 0.0776. The molecule has 2 atom stereocenters. The molecule has 3 aliphatic carbocycles. The van der Waals surface area contributed by atoms with Crippen molar-refractivity contribution in [2.45, 2.75) is 51.2 Å². The van der Waals surface area contributed by atoms with Crippen LogP contribution in [0.25, 0.3) is 0 Å². The number of ether oxygens (including phenoxy) is 3. The molecule has 0 radical (unpaired) electrons. The number of carbonyl (C=O) groups is 1. The lowest BCUT2D eigenvalue weighted by atomic mass is 9.57. The second-order valence-electron chi connectivity index (χ2n) is 12.4. The Morgan fingerprint density at radius 2 is 1.94 bits per heavy atom. The van der Waals surface area contributed by atoms with Crippen molar-refractivity contribution in [3.8, 4) is 28.9 Å². The van der Waals surface area contributed by atoms with Crippen LogP contribution in [0, 0.1) is 28.4 Å². The van der Waals surface area contributed by atoms with Crippen molar-refractivity contribution in [1.82, 2.24) is 9.88 Å². The van der Waals surface area contributed by atoms with Gasteiger partial charge in [0.15, 0.2) is 17.3 Å². The lowest BCUT2D eigenvalue weighted by molar-refractivity contribution is -0.163. The highest BCUT2D eigenvalue weighted by molar-refractivity contribution is 5.95. The molecule has 4 aliphatic rings. The zero-order chi connectivity index (χ0) is 33.5. The van der Waals surface area contributed by atoms with E-state index in [4.69, 9.17) is 25.4 Å². The molecule has 0 amide bonds. The van der Waals surface area contributed by atoms with E-state index >= 15 is 8.78 Å². The average molecular weight is 649 g/mol. The SMILES string of the molecule is CCOC(=O)C12CCC(CC1)CC2N(C)c1ccc(Oc2c(F)cnc(Oc3cc(C(=N)N)ccc3O)c2F)c(C2N=CCN2C)c1. The smallest absolute Gasteiger partial charge is 0.314 e. The summed E-state index contributed by atoms with van der Waals surface area (Å²) in [7, 11) is 3.85. The van der Waals surface area contributed by atoms with Crippen molar-refractivity contribution in [3.63, 3.8) is 0 Å². The maximum atomic E-state index is 15.8. The Labute approximate surface area is 271 Å². The summed E-state index contributed by atoms with van der Waals surface area (Å²) < 4.78 is 48.0. The second kappa shape index (κ2) is 12.8. The van der Waals surface area contributed by atoms with Gasteiger partial charge in [0.05, 0.1) is 18.2 Å². The first-order valence-corrected chi connectivity index (χ1v) is 15.7. The number of aliphatic imine (C=N–C) groups is 1. The number of benzene rings is 2. The van der Waals surface area contributed by atoms with Crippen molar-refractivity contribution >= 4 is 23.7 Å². The fourth-order valence-corrected chi connectivity index (χ4v) is 7.06. The van der Waals surface area contributed by atoms with Crippen LogP contribution in [0.3, 0.4) is 0 Å². The van der Waals surface area contributed by atoms with Crippen molar-refractivity contribution in [2.75, 3.05) is 32.1 Å². The standard InChI is InChI=1S/C34H38F2N6O5/c1-4-45-33(44)34-11-9-19(10-12-34)15-27(34)42(3)21-6-8-25(22(17-21)31-39-13-14-41(31)2)46-29-23(35)18-40-32(28(29)36)47-26-16-20(30(37)38)5-7-24(26)43/h5-8,13,16-19,27,31,43H,4,9-12,14-15H2,1-3H3,(H3,37,38). The van der Waals surface area contributed by atoms with Crippen LogP contribution in [-0.4, -0.2) is 66.3 Å². The maximum Gasteiger partial charge on any atom is 0.314 e. The summed E-state index contributed by atoms with van der Waals surface area (Å²) in [6.07, 6.45) is 6.45. The topological polar surface area (TPSA) is 147 Å². The minimum Gasteiger partial charge on any atom is -0.504 e. The van der Waals surface area contributed by atoms with Gasteiger partial charge in [-0.2, -0.15) is 4.39 Å². The van der Waals surface area contributed by atoms with E-state index < -0.39 is 34.8 Å². The molecule has 3 aromatic rings. The van der Waals surface area contributed by atoms with E-state index in [0.29, 0.717) is 24.6 Å². The van der Waals surface area contributed by atoms with Gasteiger partial charge in [-0.1, -0.05) is 0 Å². The van der Waals surface area contributed by atoms with Gasteiger partial charge in [0.25, 0.3) is 5.88 Å². The lowest BCUT2D eigenvalue weighted by Gasteiger charge is -2.53. The number of hydrogen-bond donors (Lipinski definition) is 3. The number of fused-ring (bicyclic) bond motifs is 3. The number of rotatable bonds is 10. The fraction of sp³-hybridized carbons (Fsp3) is 0.412. The van der Waals surface area contributed by atoms with Gasteiger partial charge < -0.3 is 30.0 Å². The van der Waals surface area contributed by atoms with Crippen molar-refractivity contribution in [1.29, 1.82) is 5.41 Å². The van der Waals surface area contributed by atoms with E-state index in [0.717, 1.165) is 44.0 Å². The molecule has 0 spiro atoms. The number of anilines is 1. The third kappa shape index (κ3) is 5.95. The molecular weight excluding hydrogens is 610 g/mol. The highest BCUT2D eigenvalue weighted by Gasteiger charge is 2.55. The Kier molecular flexibility index (Phi) is 8.75. The number of esters is 1. The second-order valence-corrected chi connectivity index (χ2v) is 12.4. The van der Waals surface area contributed by atoms with Crippen LogP contribution in [0.4, 0.5) is 14.5 Å². The molecule has 1 aliphatic heterocycles. The molecule has 0 saturated heterocycles. The van der Waals surface area contributed by atoms with Crippen LogP contribution >= 0.6 is 0 Å². The van der Waals surface area contributed by atoms with Gasteiger partial charge in [-0.25, -0.2) is 9.37 Å². The zero-order valence-corrected chi connectivity index (χ0v) is 26.5. The van der Waals surface area contributed by atoms with Crippen molar-refractivity contribution < 1.29 is 32.9 Å². The van der Waals surface area contributed by atoms with E-state index in [9.17, 15) is 9.90 Å². The Balaban J connectivity index is 1.35. The predicted octanol–water partition coefficient (Wildman–Crippen LogP) is 5.90. The lowest BCUT2D eigenvalue weighted by Crippen LogP contribution is -2.58. The third-order valence-electron chi connectivity index (χ3n) is 9.64. The highest BCUT2D eigenvalue weighted by atomic mass is 19.1. The van der Waals surface area contributed by atoms with Crippen LogP contribution in [0.5, 0.6) is 28.9 Å². The maximum absolute atomic E-state index is 15.8. The molecule has 1 aromatic heterocycles. The molecule has 7 rings (SSSR count). The van der Waals surface area contributed by atoms with Crippen LogP contribution in [0.1, 0.15) is 56.3 Å². The number of nitrogens with two attached hydrogens (primary N) is 1. The largest absolute Gasteiger partial charge is 0.504 e. The third-order valence-corrected chi connectivity index (χ3v) is 9.64. The highest BCUT2D eigenvalue weighted by Crippen LogP contribution is 2.53. The minimum atomic E-state index is -1.23. The summed E-state index contributed by atoms with van der Waals surface area (Å²) >= 11 is 0. The van der Waals surface area contributed by atoms with Crippen LogP contribution in [-0.2, 0) is 9.53 Å². The molecule has 248 valence electrons. The van der Waals surface area contributed by atoms with Gasteiger partial charge in [0.2, 0.25) is 11.6 Å². The summed E-state index contributed by atoms with van der Waals surface area (Å²) in [6, 6.07) is 9.14. The molecule has 2 bridgehead atoms. The molecule has 4 N–H and O–H groups in total. The van der Waals surface area contributed by atoms with E-state index in [1.165, 1.54) is 18.2 Å². The van der Waals surface area contributed by atoms with E-state index in [-0.39, 0.29) is 40.7 Å². The molecule has 47 heavy (non-hydrogen) atoms. The number of carbonyl (C=O) groups excluding carboxylic acids is 1. The number of amidine groups is 1. The summed E-state index contributed by atoms with van der Waals surface area (Å²) in [6.45, 7) is 2.72. The van der Waals surface area contributed by atoms with Gasteiger partial charge in [0.1, 0.15) is 17.8 Å². The van der Waals surface area contributed by atoms with Crippen LogP contribution in [0.15, 0.2) is 47.6 Å². The molecule has 2 unspecified atom stereocenters. The quantitative estimate of drug-likeness (QED) is 0.139. The number of phenols is 1. The van der Waals surface area contributed by atoms with Gasteiger partial charge in [0, 0.05) is 42.7 Å². The molecule has 3 fully saturated rings. The first kappa shape index (κ1) is 32.2. The summed E-state index contributed by atoms with van der Waals surface area (Å²) in [4.78, 5) is 25.8. The molecule has 11 nitrogen and oxygen atoms in total. The number of nitrogens with one attached hydrogen (secondary N) is 1. The van der Waals surface area contributed by atoms with Gasteiger partial charge in [-0.3, -0.25) is 20.1 Å². The Morgan fingerprint density at radius 3 is 2.62 bits per heavy atom. The summed E-state index contributed by atoms with van der Waals surface area (Å²) in [5.41, 5.74) is 6.53. The number of hydrogen-bond acceptors (Lipinski definition) is 10. The molecular formula is C34H38F2N6O5. The predicted molar refractivity (Wildman–Crippen MR) is 172 cm³/mol. The monoisotopic (exact) mass is 648 g/mol. The number of halogens is 2. The van der Waals surface area contributed by atoms with Gasteiger partial charge in [-0.15, -0.1) is 0 Å². The number of nitrogen functional groups attached to an aromatic ring is 1.